The van der Waals surface area contributed by atoms with Crippen molar-refractivity contribution < 1.29 is 19.1 Å². The standard InChI is InChI=1S/C24H24Cl3NO4/c1-13(24(30)31-2)10-15-8-9-16(11-20(15)27)32-12-17(23(29)14-6-7-14)22(28)21-18(25)4-3-5-19(21)26/h3-5,8-9,11,13-14H,6-7,10,12,28H2,1-2H3. The van der Waals surface area contributed by atoms with Crippen LogP contribution in [0.5, 0.6) is 5.75 Å². The number of carbonyl (C=O) groups excluding carboxylic acids is 2. The summed E-state index contributed by atoms with van der Waals surface area (Å²) in [6.45, 7) is 1.73. The van der Waals surface area contributed by atoms with Crippen LogP contribution in [0.3, 0.4) is 0 Å². The van der Waals surface area contributed by atoms with Gasteiger partial charge in [0.2, 0.25) is 0 Å². The molecule has 0 saturated heterocycles. The number of hydrogen-bond donors (Lipinski definition) is 1. The first-order valence-corrected chi connectivity index (χ1v) is 11.3. The Morgan fingerprint density at radius 1 is 1.09 bits per heavy atom. The number of hydrogen-bond acceptors (Lipinski definition) is 5. The molecule has 0 radical (unpaired) electrons. The maximum atomic E-state index is 12.9. The number of nitrogens with two attached hydrogens (primary N) is 1. The fourth-order valence-electron chi connectivity index (χ4n) is 3.33. The minimum Gasteiger partial charge on any atom is -0.489 e. The zero-order valence-corrected chi connectivity index (χ0v) is 20.1. The lowest BCUT2D eigenvalue weighted by Gasteiger charge is -2.16. The molecule has 8 heteroatoms. The maximum Gasteiger partial charge on any atom is 0.308 e. The van der Waals surface area contributed by atoms with Crippen LogP contribution >= 0.6 is 34.8 Å². The summed E-state index contributed by atoms with van der Waals surface area (Å²) in [5, 5.41) is 1.19. The first kappa shape index (κ1) is 24.4. The minimum atomic E-state index is -0.324. The van der Waals surface area contributed by atoms with Crippen molar-refractivity contribution >= 4 is 52.3 Å². The number of halogens is 3. The molecular formula is C24H24Cl3NO4. The average molecular weight is 497 g/mol. The van der Waals surface area contributed by atoms with Gasteiger partial charge in [-0.15, -0.1) is 0 Å². The number of methoxy groups -OCH3 is 1. The van der Waals surface area contributed by atoms with E-state index in [0.717, 1.165) is 18.4 Å². The van der Waals surface area contributed by atoms with Crippen LogP contribution in [0, 0.1) is 11.8 Å². The molecule has 0 aliphatic heterocycles. The molecule has 3 rings (SSSR count). The van der Waals surface area contributed by atoms with E-state index < -0.39 is 0 Å². The molecule has 2 N–H and O–H groups in total. The Morgan fingerprint density at radius 2 is 1.75 bits per heavy atom. The van der Waals surface area contributed by atoms with Crippen LogP contribution in [0.4, 0.5) is 0 Å². The SMILES string of the molecule is COC(=O)C(C)Cc1ccc(OCC(C(=O)C2CC2)=C(N)c2c(Cl)cccc2Cl)cc1Cl. The number of esters is 1. The Labute approximate surface area is 202 Å². The van der Waals surface area contributed by atoms with Crippen molar-refractivity contribution in [1.82, 2.24) is 0 Å². The average Bonchev–Trinajstić information content (AvgIpc) is 3.60. The predicted octanol–water partition coefficient (Wildman–Crippen LogP) is 5.73. The van der Waals surface area contributed by atoms with Gasteiger partial charge in [-0.3, -0.25) is 9.59 Å². The molecule has 2 aromatic rings. The quantitative estimate of drug-likeness (QED) is 0.354. The van der Waals surface area contributed by atoms with E-state index in [9.17, 15) is 9.59 Å². The molecule has 0 bridgehead atoms. The molecule has 1 aliphatic rings. The second-order valence-corrected chi connectivity index (χ2v) is 9.02. The van der Waals surface area contributed by atoms with Crippen molar-refractivity contribution in [2.45, 2.75) is 26.2 Å². The lowest BCUT2D eigenvalue weighted by Crippen LogP contribution is -2.18. The van der Waals surface area contributed by atoms with Gasteiger partial charge in [0.25, 0.3) is 0 Å². The molecule has 5 nitrogen and oxygen atoms in total. The highest BCUT2D eigenvalue weighted by Gasteiger charge is 2.34. The summed E-state index contributed by atoms with van der Waals surface area (Å²) in [4.78, 5) is 24.6. The van der Waals surface area contributed by atoms with Crippen LogP contribution < -0.4 is 10.5 Å². The van der Waals surface area contributed by atoms with Crippen LogP contribution in [0.2, 0.25) is 15.1 Å². The van der Waals surface area contributed by atoms with E-state index in [1.807, 2.05) is 0 Å². The third-order valence-corrected chi connectivity index (χ3v) is 6.32. The Bertz CT molecular complexity index is 1040. The Balaban J connectivity index is 1.82. The number of carbonyl (C=O) groups is 2. The van der Waals surface area contributed by atoms with Crippen LogP contribution in [0.1, 0.15) is 30.9 Å². The number of benzene rings is 2. The molecule has 0 amide bonds. The van der Waals surface area contributed by atoms with Gasteiger partial charge in [-0.25, -0.2) is 0 Å². The summed E-state index contributed by atoms with van der Waals surface area (Å²) in [6, 6.07) is 10.2. The lowest BCUT2D eigenvalue weighted by molar-refractivity contribution is -0.144. The third-order valence-electron chi connectivity index (χ3n) is 5.34. The molecule has 170 valence electrons. The van der Waals surface area contributed by atoms with Crippen molar-refractivity contribution in [2.24, 2.45) is 17.6 Å². The van der Waals surface area contributed by atoms with Crippen molar-refractivity contribution in [3.8, 4) is 5.75 Å². The Morgan fingerprint density at radius 3 is 2.31 bits per heavy atom. The van der Waals surface area contributed by atoms with Crippen LogP contribution in [-0.4, -0.2) is 25.5 Å². The summed E-state index contributed by atoms with van der Waals surface area (Å²) in [7, 11) is 1.35. The molecule has 32 heavy (non-hydrogen) atoms. The number of Topliss-reactive ketones (excluding diaryl/α,β-unsaturated/α-hetero) is 1. The van der Waals surface area contributed by atoms with Crippen molar-refractivity contribution in [3.05, 3.63) is 68.2 Å². The Kier molecular flexibility index (Phi) is 8.10. The van der Waals surface area contributed by atoms with Gasteiger partial charge in [0.1, 0.15) is 12.4 Å². The maximum absolute atomic E-state index is 12.9. The van der Waals surface area contributed by atoms with Crippen molar-refractivity contribution in [3.63, 3.8) is 0 Å². The molecule has 1 saturated carbocycles. The molecular weight excluding hydrogens is 473 g/mol. The zero-order chi connectivity index (χ0) is 23.4. The molecule has 0 aromatic heterocycles. The van der Waals surface area contributed by atoms with Gasteiger partial charge in [-0.05, 0) is 49.1 Å². The number of ether oxygens (including phenoxy) is 2. The third kappa shape index (κ3) is 5.77. The van der Waals surface area contributed by atoms with Gasteiger partial charge in [0, 0.05) is 16.5 Å². The molecule has 1 aliphatic carbocycles. The number of ketones is 1. The second-order valence-electron chi connectivity index (χ2n) is 7.80. The summed E-state index contributed by atoms with van der Waals surface area (Å²) in [5.74, 6) is -0.269. The molecule has 1 unspecified atom stereocenters. The molecule has 2 aromatic carbocycles. The molecule has 0 spiro atoms. The monoisotopic (exact) mass is 495 g/mol. The second kappa shape index (κ2) is 10.6. The van der Waals surface area contributed by atoms with E-state index in [0.29, 0.717) is 38.4 Å². The summed E-state index contributed by atoms with van der Waals surface area (Å²) >= 11 is 19.0. The van der Waals surface area contributed by atoms with E-state index >= 15 is 0 Å². The fourth-order valence-corrected chi connectivity index (χ4v) is 4.18. The smallest absolute Gasteiger partial charge is 0.308 e. The largest absolute Gasteiger partial charge is 0.489 e. The van der Waals surface area contributed by atoms with Crippen LogP contribution in [-0.2, 0) is 20.7 Å². The normalized spacial score (nSPS) is 15.0. The topological polar surface area (TPSA) is 78.6 Å². The highest BCUT2D eigenvalue weighted by Crippen LogP contribution is 2.36. The van der Waals surface area contributed by atoms with E-state index in [1.165, 1.54) is 7.11 Å². The van der Waals surface area contributed by atoms with Gasteiger partial charge >= 0.3 is 5.97 Å². The van der Waals surface area contributed by atoms with Gasteiger partial charge < -0.3 is 15.2 Å². The summed E-state index contributed by atoms with van der Waals surface area (Å²) in [5.41, 5.74) is 8.13. The highest BCUT2D eigenvalue weighted by molar-refractivity contribution is 6.37. The van der Waals surface area contributed by atoms with Gasteiger partial charge in [-0.2, -0.15) is 0 Å². The van der Waals surface area contributed by atoms with Gasteiger partial charge in [0.15, 0.2) is 5.78 Å². The van der Waals surface area contributed by atoms with Gasteiger partial charge in [0.05, 0.1) is 34.3 Å². The van der Waals surface area contributed by atoms with E-state index in [-0.39, 0.29) is 35.9 Å². The van der Waals surface area contributed by atoms with E-state index in [2.05, 4.69) is 0 Å². The molecule has 1 fully saturated rings. The lowest BCUT2D eigenvalue weighted by atomic mass is 10.0. The molecule has 0 heterocycles. The van der Waals surface area contributed by atoms with E-state index in [1.54, 1.807) is 43.3 Å². The summed E-state index contributed by atoms with van der Waals surface area (Å²) < 4.78 is 10.6. The van der Waals surface area contributed by atoms with Crippen LogP contribution in [0.25, 0.3) is 5.70 Å². The zero-order valence-electron chi connectivity index (χ0n) is 17.8. The first-order valence-electron chi connectivity index (χ1n) is 10.2. The fraction of sp³-hybridized carbons (Fsp3) is 0.333. The van der Waals surface area contributed by atoms with Crippen molar-refractivity contribution in [2.75, 3.05) is 13.7 Å². The van der Waals surface area contributed by atoms with Crippen molar-refractivity contribution in [1.29, 1.82) is 0 Å². The predicted molar refractivity (Wildman–Crippen MR) is 127 cm³/mol. The van der Waals surface area contributed by atoms with Crippen LogP contribution in [0.15, 0.2) is 42.0 Å². The van der Waals surface area contributed by atoms with E-state index in [4.69, 9.17) is 50.0 Å². The number of rotatable bonds is 9. The first-order chi connectivity index (χ1) is 15.2. The highest BCUT2D eigenvalue weighted by atomic mass is 35.5. The molecule has 1 atom stereocenters. The Hall–Kier alpha value is -2.21. The summed E-state index contributed by atoms with van der Waals surface area (Å²) in [6.07, 6.45) is 2.09. The van der Waals surface area contributed by atoms with Gasteiger partial charge in [-0.1, -0.05) is 53.9 Å². The minimum absolute atomic E-state index is 0.0447.